The van der Waals surface area contributed by atoms with Gasteiger partial charge >= 0.3 is 6.18 Å². The third-order valence-electron chi connectivity index (χ3n) is 2.33. The molecular weight excluding hydrogens is 215 g/mol. The molecule has 0 heterocycles. The molecule has 0 amide bonds. The molecule has 0 N–H and O–H groups in total. The molecule has 0 aliphatic carbocycles. The largest absolute Gasteiger partial charge is 0.396 e. The van der Waals surface area contributed by atoms with E-state index in [4.69, 9.17) is 0 Å². The average Bonchev–Trinajstić information content (AvgIpc) is 2.25. The molecule has 0 aliphatic rings. The van der Waals surface area contributed by atoms with E-state index in [0.29, 0.717) is 0 Å². The molecule has 1 unspecified atom stereocenters. The monoisotopic (exact) mass is 229 g/mol. The molecule has 1 aromatic rings. The molecule has 0 aliphatic heterocycles. The minimum atomic E-state index is -4.21. The second kappa shape index (κ2) is 5.14. The number of benzene rings is 1. The summed E-state index contributed by atoms with van der Waals surface area (Å²) in [6, 6.07) is 8.99. The lowest BCUT2D eigenvalue weighted by molar-refractivity contribution is -0.149. The van der Waals surface area contributed by atoms with E-state index >= 15 is 0 Å². The van der Waals surface area contributed by atoms with Crippen molar-refractivity contribution in [3.05, 3.63) is 35.9 Å². The van der Waals surface area contributed by atoms with E-state index in [9.17, 15) is 13.2 Å². The molecular formula is C12H14F3N. The van der Waals surface area contributed by atoms with Crippen LogP contribution in [-0.4, -0.2) is 12.4 Å². The van der Waals surface area contributed by atoms with E-state index in [2.05, 4.69) is 4.99 Å². The first kappa shape index (κ1) is 12.7. The lowest BCUT2D eigenvalue weighted by Crippen LogP contribution is -2.21. The topological polar surface area (TPSA) is 12.4 Å². The third kappa shape index (κ3) is 3.68. The fourth-order valence-electron chi connectivity index (χ4n) is 1.16. The number of nitrogens with zero attached hydrogens (tertiary/aromatic N) is 1. The van der Waals surface area contributed by atoms with E-state index in [1.54, 1.807) is 6.92 Å². The number of halogens is 3. The van der Waals surface area contributed by atoms with E-state index in [1.165, 1.54) is 0 Å². The van der Waals surface area contributed by atoms with Gasteiger partial charge in [-0.15, -0.1) is 0 Å². The molecule has 1 nitrogen and oxygen atoms in total. The first-order valence-corrected chi connectivity index (χ1v) is 5.06. The van der Waals surface area contributed by atoms with Crippen LogP contribution in [0, 0.1) is 5.92 Å². The van der Waals surface area contributed by atoms with Gasteiger partial charge in [0.05, 0.1) is 12.0 Å². The molecule has 0 saturated carbocycles. The third-order valence-corrected chi connectivity index (χ3v) is 2.33. The number of hydrogen-bond donors (Lipinski definition) is 0. The Labute approximate surface area is 93.0 Å². The van der Waals surface area contributed by atoms with Crippen molar-refractivity contribution in [2.75, 3.05) is 0 Å². The van der Waals surface area contributed by atoms with Gasteiger partial charge in [0.1, 0.15) is 0 Å². The molecule has 0 aromatic heterocycles. The number of alkyl halides is 3. The lowest BCUT2D eigenvalue weighted by atomic mass is 10.1. The fraction of sp³-hybridized carbons (Fsp3) is 0.417. The van der Waals surface area contributed by atoms with E-state index in [-0.39, 0.29) is 6.04 Å². The predicted molar refractivity (Wildman–Crippen MR) is 58.6 cm³/mol. The Bertz CT molecular complexity index is 343. The van der Waals surface area contributed by atoms with Crippen molar-refractivity contribution >= 4 is 6.21 Å². The number of aliphatic imine (C=N–C) groups is 1. The van der Waals surface area contributed by atoms with Crippen LogP contribution < -0.4 is 0 Å². The SMILES string of the molecule is CC(C=N[C@@H](C)c1ccccc1)C(F)(F)F. The molecule has 88 valence electrons. The zero-order valence-electron chi connectivity index (χ0n) is 9.20. The second-order valence-electron chi connectivity index (χ2n) is 3.72. The molecule has 1 aromatic carbocycles. The van der Waals surface area contributed by atoms with Gasteiger partial charge in [0.25, 0.3) is 0 Å². The molecule has 0 spiro atoms. The van der Waals surface area contributed by atoms with Crippen molar-refractivity contribution in [1.29, 1.82) is 0 Å². The minimum absolute atomic E-state index is 0.244. The van der Waals surface area contributed by atoms with Gasteiger partial charge in [-0.25, -0.2) is 0 Å². The van der Waals surface area contributed by atoms with Gasteiger partial charge in [-0.3, -0.25) is 4.99 Å². The Balaban J connectivity index is 2.65. The Morgan fingerprint density at radius 2 is 1.69 bits per heavy atom. The Morgan fingerprint density at radius 1 is 1.12 bits per heavy atom. The maximum absolute atomic E-state index is 12.2. The highest BCUT2D eigenvalue weighted by Gasteiger charge is 2.34. The van der Waals surface area contributed by atoms with Crippen molar-refractivity contribution in [3.8, 4) is 0 Å². The molecule has 4 heteroatoms. The van der Waals surface area contributed by atoms with Crippen LogP contribution in [0.3, 0.4) is 0 Å². The summed E-state index contributed by atoms with van der Waals surface area (Å²) in [5.74, 6) is -1.50. The molecule has 2 atom stereocenters. The highest BCUT2D eigenvalue weighted by molar-refractivity contribution is 5.61. The molecule has 1 rings (SSSR count). The van der Waals surface area contributed by atoms with Gasteiger partial charge in [-0.2, -0.15) is 13.2 Å². The summed E-state index contributed by atoms with van der Waals surface area (Å²) in [5.41, 5.74) is 0.910. The Kier molecular flexibility index (Phi) is 4.10. The van der Waals surface area contributed by atoms with E-state index < -0.39 is 12.1 Å². The summed E-state index contributed by atoms with van der Waals surface area (Å²) >= 11 is 0. The molecule has 0 radical (unpaired) electrons. The van der Waals surface area contributed by atoms with Gasteiger partial charge < -0.3 is 0 Å². The average molecular weight is 229 g/mol. The van der Waals surface area contributed by atoms with Gasteiger partial charge in [0.15, 0.2) is 0 Å². The number of hydrogen-bond acceptors (Lipinski definition) is 1. The quantitative estimate of drug-likeness (QED) is 0.694. The molecule has 16 heavy (non-hydrogen) atoms. The molecule has 0 fully saturated rings. The minimum Gasteiger partial charge on any atom is -0.289 e. The first-order valence-electron chi connectivity index (χ1n) is 5.06. The Hall–Kier alpha value is -1.32. The summed E-state index contributed by atoms with van der Waals surface area (Å²) < 4.78 is 36.6. The fourth-order valence-corrected chi connectivity index (χ4v) is 1.16. The van der Waals surface area contributed by atoms with Crippen molar-refractivity contribution in [3.63, 3.8) is 0 Å². The number of rotatable bonds is 3. The predicted octanol–water partition coefficient (Wildman–Crippen LogP) is 4.02. The zero-order chi connectivity index (χ0) is 12.2. The normalized spacial score (nSPS) is 16.3. The van der Waals surface area contributed by atoms with Crippen LogP contribution in [0.4, 0.5) is 13.2 Å². The molecule has 0 saturated heterocycles. The van der Waals surface area contributed by atoms with Crippen LogP contribution in [0.5, 0.6) is 0 Å². The van der Waals surface area contributed by atoms with Gasteiger partial charge in [-0.05, 0) is 19.4 Å². The van der Waals surface area contributed by atoms with E-state index in [1.807, 2.05) is 30.3 Å². The van der Waals surface area contributed by atoms with Crippen LogP contribution in [0.25, 0.3) is 0 Å². The van der Waals surface area contributed by atoms with Crippen molar-refractivity contribution < 1.29 is 13.2 Å². The summed E-state index contributed by atoms with van der Waals surface area (Å²) in [7, 11) is 0. The van der Waals surface area contributed by atoms with Crippen LogP contribution in [-0.2, 0) is 0 Å². The summed E-state index contributed by atoms with van der Waals surface area (Å²) in [6.45, 7) is 2.87. The Morgan fingerprint density at radius 3 is 2.19 bits per heavy atom. The second-order valence-corrected chi connectivity index (χ2v) is 3.72. The summed E-state index contributed by atoms with van der Waals surface area (Å²) in [6.07, 6.45) is -3.24. The van der Waals surface area contributed by atoms with Crippen molar-refractivity contribution in [2.45, 2.75) is 26.1 Å². The van der Waals surface area contributed by atoms with Crippen molar-refractivity contribution in [2.24, 2.45) is 10.9 Å². The summed E-state index contributed by atoms with van der Waals surface area (Å²) in [4.78, 5) is 3.92. The summed E-state index contributed by atoms with van der Waals surface area (Å²) in [5, 5.41) is 0. The molecule has 0 bridgehead atoms. The van der Waals surface area contributed by atoms with Gasteiger partial charge in [-0.1, -0.05) is 30.3 Å². The highest BCUT2D eigenvalue weighted by Crippen LogP contribution is 2.25. The van der Waals surface area contributed by atoms with Crippen LogP contribution in [0.15, 0.2) is 35.3 Å². The first-order chi connectivity index (χ1) is 7.41. The van der Waals surface area contributed by atoms with Crippen LogP contribution in [0.1, 0.15) is 25.5 Å². The van der Waals surface area contributed by atoms with Gasteiger partial charge in [0.2, 0.25) is 0 Å². The van der Waals surface area contributed by atoms with Crippen LogP contribution in [0.2, 0.25) is 0 Å². The van der Waals surface area contributed by atoms with Crippen molar-refractivity contribution in [1.82, 2.24) is 0 Å². The lowest BCUT2D eigenvalue weighted by Gasteiger charge is -2.12. The maximum Gasteiger partial charge on any atom is 0.396 e. The van der Waals surface area contributed by atoms with E-state index in [0.717, 1.165) is 18.7 Å². The van der Waals surface area contributed by atoms with Gasteiger partial charge in [0, 0.05) is 6.21 Å². The standard InChI is InChI=1S/C12H14F3N/c1-9(12(13,14)15)8-16-10(2)11-6-4-3-5-7-11/h3-10H,1-2H3/t9?,10-/m0/s1. The highest BCUT2D eigenvalue weighted by atomic mass is 19.4. The maximum atomic E-state index is 12.2. The van der Waals surface area contributed by atoms with Crippen LogP contribution >= 0.6 is 0 Å². The smallest absolute Gasteiger partial charge is 0.289 e. The zero-order valence-corrected chi connectivity index (χ0v) is 9.20.